The molecule has 0 aliphatic carbocycles. The fourth-order valence-electron chi connectivity index (χ4n) is 2.94. The van der Waals surface area contributed by atoms with E-state index in [0.29, 0.717) is 12.1 Å². The second kappa shape index (κ2) is 9.13. The van der Waals surface area contributed by atoms with Gasteiger partial charge in [0.15, 0.2) is 0 Å². The number of carboxylic acids is 1. The Morgan fingerprint density at radius 2 is 1.75 bits per heavy atom. The van der Waals surface area contributed by atoms with Crippen LogP contribution in [0, 0.1) is 19.7 Å². The Hall–Kier alpha value is -3.82. The smallest absolute Gasteiger partial charge is 0.475 e. The van der Waals surface area contributed by atoms with E-state index < -0.39 is 12.1 Å². The lowest BCUT2D eigenvalue weighted by Gasteiger charge is -2.07. The van der Waals surface area contributed by atoms with Crippen molar-refractivity contribution in [3.05, 3.63) is 77.6 Å². The van der Waals surface area contributed by atoms with E-state index in [9.17, 15) is 17.6 Å². The van der Waals surface area contributed by atoms with Crippen LogP contribution in [0.3, 0.4) is 0 Å². The quantitative estimate of drug-likeness (QED) is 0.452. The topological polar surface area (TPSA) is 80.9 Å². The summed E-state index contributed by atoms with van der Waals surface area (Å²) in [6.07, 6.45) is 2.16. The molecule has 3 aromatic heterocycles. The van der Waals surface area contributed by atoms with Crippen molar-refractivity contribution in [1.82, 2.24) is 19.7 Å². The van der Waals surface area contributed by atoms with Gasteiger partial charge in [0.25, 0.3) is 0 Å². The van der Waals surface area contributed by atoms with E-state index in [4.69, 9.17) is 9.90 Å². The van der Waals surface area contributed by atoms with Gasteiger partial charge in [-0.1, -0.05) is 12.1 Å². The Balaban J connectivity index is 0.000000360. The van der Waals surface area contributed by atoms with Gasteiger partial charge in [0.05, 0.1) is 18.3 Å². The molecule has 32 heavy (non-hydrogen) atoms. The van der Waals surface area contributed by atoms with Crippen molar-refractivity contribution >= 4 is 17.0 Å². The zero-order valence-electron chi connectivity index (χ0n) is 17.1. The number of benzene rings is 1. The number of carboxylic acid groups (broad SMARTS) is 1. The van der Waals surface area contributed by atoms with Gasteiger partial charge >= 0.3 is 12.1 Å². The van der Waals surface area contributed by atoms with E-state index in [1.54, 1.807) is 25.4 Å². The number of pyridine rings is 2. The van der Waals surface area contributed by atoms with Gasteiger partial charge in [0.2, 0.25) is 0 Å². The normalized spacial score (nSPS) is 11.2. The number of alkyl halides is 3. The van der Waals surface area contributed by atoms with Gasteiger partial charge in [-0.05, 0) is 54.3 Å². The van der Waals surface area contributed by atoms with Gasteiger partial charge < -0.3 is 5.11 Å². The first-order valence-corrected chi connectivity index (χ1v) is 9.33. The van der Waals surface area contributed by atoms with Crippen LogP contribution in [0.15, 0.2) is 55.1 Å². The van der Waals surface area contributed by atoms with Gasteiger partial charge in [-0.25, -0.2) is 9.18 Å². The molecular weight excluding hydrogens is 428 g/mol. The summed E-state index contributed by atoms with van der Waals surface area (Å²) in [4.78, 5) is 17.6. The summed E-state index contributed by atoms with van der Waals surface area (Å²) in [6.45, 7) is 4.42. The Morgan fingerprint density at radius 1 is 1.03 bits per heavy atom. The van der Waals surface area contributed by atoms with E-state index in [0.717, 1.165) is 33.3 Å². The zero-order valence-corrected chi connectivity index (χ0v) is 17.1. The molecule has 0 bridgehead atoms. The lowest BCUT2D eigenvalue weighted by Crippen LogP contribution is -2.21. The number of rotatable bonds is 3. The summed E-state index contributed by atoms with van der Waals surface area (Å²) in [6, 6.07) is 9.25. The third kappa shape index (κ3) is 5.45. The Morgan fingerprint density at radius 3 is 2.38 bits per heavy atom. The number of halogens is 4. The number of nitrogens with zero attached hydrogens (tertiary/aromatic N) is 4. The molecule has 1 N–H and O–H groups in total. The highest BCUT2D eigenvalue weighted by Gasteiger charge is 2.38. The Bertz CT molecular complexity index is 1270. The average molecular weight is 446 g/mol. The lowest BCUT2D eigenvalue weighted by atomic mass is 10.0. The highest BCUT2D eigenvalue weighted by atomic mass is 19.4. The average Bonchev–Trinajstić information content (AvgIpc) is 3.12. The lowest BCUT2D eigenvalue weighted by molar-refractivity contribution is -0.192. The van der Waals surface area contributed by atoms with Crippen molar-refractivity contribution < 1.29 is 27.5 Å². The minimum Gasteiger partial charge on any atom is -0.475 e. The summed E-state index contributed by atoms with van der Waals surface area (Å²) >= 11 is 0. The molecule has 10 heteroatoms. The predicted octanol–water partition coefficient (Wildman–Crippen LogP) is 4.93. The SMILES string of the molecule is Cc1cncc(Cn2ncc3ncc(-c4ccc(F)c(C)c4)cc32)c1.O=C(O)C(F)(F)F. The van der Waals surface area contributed by atoms with Crippen LogP contribution < -0.4 is 0 Å². The number of hydrogen-bond acceptors (Lipinski definition) is 4. The Kier molecular flexibility index (Phi) is 6.52. The van der Waals surface area contributed by atoms with E-state index in [2.05, 4.69) is 21.1 Å². The maximum atomic E-state index is 13.5. The second-order valence-electron chi connectivity index (χ2n) is 7.07. The molecular formula is C22H18F4N4O2. The van der Waals surface area contributed by atoms with Crippen LogP contribution in [-0.4, -0.2) is 37.0 Å². The maximum absolute atomic E-state index is 13.5. The van der Waals surface area contributed by atoms with Crippen LogP contribution >= 0.6 is 0 Å². The van der Waals surface area contributed by atoms with Crippen LogP contribution in [0.4, 0.5) is 17.6 Å². The summed E-state index contributed by atoms with van der Waals surface area (Å²) in [5.74, 6) is -2.96. The molecule has 4 rings (SSSR count). The number of hydrogen-bond donors (Lipinski definition) is 1. The van der Waals surface area contributed by atoms with Crippen molar-refractivity contribution in [1.29, 1.82) is 0 Å². The molecule has 0 atom stereocenters. The number of aliphatic carboxylic acids is 1. The molecule has 0 spiro atoms. The molecule has 0 aliphatic rings. The van der Waals surface area contributed by atoms with Crippen LogP contribution in [0.5, 0.6) is 0 Å². The van der Waals surface area contributed by atoms with Crippen molar-refractivity contribution in [2.75, 3.05) is 0 Å². The number of carbonyl (C=O) groups is 1. The monoisotopic (exact) mass is 446 g/mol. The maximum Gasteiger partial charge on any atom is 0.490 e. The number of fused-ring (bicyclic) bond motifs is 1. The predicted molar refractivity (Wildman–Crippen MR) is 109 cm³/mol. The van der Waals surface area contributed by atoms with Crippen LogP contribution in [0.25, 0.3) is 22.2 Å². The van der Waals surface area contributed by atoms with E-state index >= 15 is 0 Å². The third-order valence-electron chi connectivity index (χ3n) is 4.49. The summed E-state index contributed by atoms with van der Waals surface area (Å²) in [5, 5.41) is 11.6. The van der Waals surface area contributed by atoms with E-state index in [1.807, 2.05) is 36.1 Å². The number of aromatic nitrogens is 4. The summed E-state index contributed by atoms with van der Waals surface area (Å²) in [5.41, 5.74) is 6.50. The minimum absolute atomic E-state index is 0.199. The van der Waals surface area contributed by atoms with Gasteiger partial charge in [0, 0.05) is 24.2 Å². The highest BCUT2D eigenvalue weighted by Crippen LogP contribution is 2.25. The first-order valence-electron chi connectivity index (χ1n) is 9.33. The van der Waals surface area contributed by atoms with Gasteiger partial charge in [-0.15, -0.1) is 0 Å². The fraction of sp³-hybridized carbons (Fsp3) is 0.182. The largest absolute Gasteiger partial charge is 0.490 e. The summed E-state index contributed by atoms with van der Waals surface area (Å²) < 4.78 is 47.2. The minimum atomic E-state index is -5.08. The van der Waals surface area contributed by atoms with E-state index in [1.165, 1.54) is 6.07 Å². The first-order chi connectivity index (χ1) is 15.0. The van der Waals surface area contributed by atoms with E-state index in [-0.39, 0.29) is 5.82 Å². The molecule has 4 aromatic rings. The zero-order chi connectivity index (χ0) is 23.5. The molecule has 0 unspecified atom stereocenters. The Labute approximate surface area is 180 Å². The van der Waals surface area contributed by atoms with Crippen LogP contribution in [0.1, 0.15) is 16.7 Å². The van der Waals surface area contributed by atoms with Gasteiger partial charge in [-0.2, -0.15) is 18.3 Å². The molecule has 0 saturated carbocycles. The molecule has 0 radical (unpaired) electrons. The second-order valence-corrected chi connectivity index (χ2v) is 7.07. The number of aryl methyl sites for hydroxylation is 2. The van der Waals surface area contributed by atoms with Crippen LogP contribution in [-0.2, 0) is 11.3 Å². The van der Waals surface area contributed by atoms with Crippen LogP contribution in [0.2, 0.25) is 0 Å². The molecule has 0 amide bonds. The standard InChI is InChI=1S/C20H17FN4.C2HF3O2/c1-13-5-15(9-22-8-13)12-25-20-7-17(10-23-19(20)11-24-25)16-3-4-18(21)14(2)6-16;3-2(4,5)1(6)7/h3-11H,12H2,1-2H3;(H,6,7). The summed E-state index contributed by atoms with van der Waals surface area (Å²) in [7, 11) is 0. The molecule has 0 saturated heterocycles. The fourth-order valence-corrected chi connectivity index (χ4v) is 2.94. The first kappa shape index (κ1) is 22.9. The highest BCUT2D eigenvalue weighted by molar-refractivity contribution is 5.80. The molecule has 3 heterocycles. The van der Waals surface area contributed by atoms with Gasteiger partial charge in [-0.3, -0.25) is 14.6 Å². The molecule has 0 aliphatic heterocycles. The third-order valence-corrected chi connectivity index (χ3v) is 4.49. The van der Waals surface area contributed by atoms with Crippen molar-refractivity contribution in [2.45, 2.75) is 26.6 Å². The van der Waals surface area contributed by atoms with Crippen molar-refractivity contribution in [2.24, 2.45) is 0 Å². The van der Waals surface area contributed by atoms with Gasteiger partial charge in [0.1, 0.15) is 11.3 Å². The molecule has 0 fully saturated rings. The molecule has 6 nitrogen and oxygen atoms in total. The van der Waals surface area contributed by atoms with Crippen molar-refractivity contribution in [3.8, 4) is 11.1 Å². The molecule has 166 valence electrons. The van der Waals surface area contributed by atoms with Crippen molar-refractivity contribution in [3.63, 3.8) is 0 Å². The molecule has 1 aromatic carbocycles.